The summed E-state index contributed by atoms with van der Waals surface area (Å²) in [7, 11) is -2.47. The van der Waals surface area contributed by atoms with Gasteiger partial charge < -0.3 is 15.5 Å². The number of hydrogen-bond acceptors (Lipinski definition) is 5. The number of aliphatic hydroxyl groups excluding tert-OH is 1. The third-order valence-corrected chi connectivity index (χ3v) is 9.09. The molecule has 0 fully saturated rings. The van der Waals surface area contributed by atoms with Crippen molar-refractivity contribution < 1.29 is 27.8 Å². The maximum absolute atomic E-state index is 14.1. The molecule has 7 nitrogen and oxygen atoms in total. The van der Waals surface area contributed by atoms with Crippen LogP contribution >= 0.6 is 0 Å². The van der Waals surface area contributed by atoms with Crippen LogP contribution in [0.4, 0.5) is 4.39 Å². The van der Waals surface area contributed by atoms with Gasteiger partial charge in [-0.1, -0.05) is 42.5 Å². The summed E-state index contributed by atoms with van der Waals surface area (Å²) < 4.78 is 41.8. The fraction of sp³-hybridized carbons (Fsp3) is 0.406. The van der Waals surface area contributed by atoms with Crippen LogP contribution in [0.5, 0.6) is 0 Å². The number of carbonyl (C=O) groups is 1. The molecule has 0 saturated heterocycles. The second-order valence-electron chi connectivity index (χ2n) is 11.2. The minimum Gasteiger partial charge on any atom is -0.481 e. The van der Waals surface area contributed by atoms with Crippen LogP contribution in [0.1, 0.15) is 49.8 Å². The predicted molar refractivity (Wildman–Crippen MR) is 160 cm³/mol. The summed E-state index contributed by atoms with van der Waals surface area (Å²) in [5.41, 5.74) is 3.51. The summed E-state index contributed by atoms with van der Waals surface area (Å²) in [5.74, 6) is -1.41. The third-order valence-electron chi connectivity index (χ3n) is 7.27. The Morgan fingerprint density at radius 2 is 1.73 bits per heavy atom. The molecule has 3 rings (SSSR count). The van der Waals surface area contributed by atoms with Crippen LogP contribution in [-0.4, -0.2) is 60.7 Å². The maximum atomic E-state index is 14.1. The molecular weight excluding hydrogens is 543 g/mol. The summed E-state index contributed by atoms with van der Waals surface area (Å²) in [6.45, 7) is 6.04. The zero-order valence-corrected chi connectivity index (χ0v) is 25.0. The molecule has 3 N–H and O–H groups in total. The molecule has 0 aliphatic rings. The summed E-state index contributed by atoms with van der Waals surface area (Å²) in [4.78, 5) is 11.1. The van der Waals surface area contributed by atoms with Crippen molar-refractivity contribution in [3.05, 3.63) is 89.2 Å². The van der Waals surface area contributed by atoms with Crippen LogP contribution in [0.3, 0.4) is 0 Å². The van der Waals surface area contributed by atoms with Crippen LogP contribution in [-0.2, 0) is 27.7 Å². The minimum absolute atomic E-state index is 0.0612. The number of nitrogens with zero attached hydrogens (tertiary/aromatic N) is 1. The van der Waals surface area contributed by atoms with Crippen LogP contribution in [0.2, 0.25) is 0 Å². The summed E-state index contributed by atoms with van der Waals surface area (Å²) >= 11 is 0. The summed E-state index contributed by atoms with van der Waals surface area (Å²) in [5, 5.41) is 23.1. The molecule has 0 bridgehead atoms. The number of carboxylic acid groups (broad SMARTS) is 1. The number of rotatable bonds is 15. The fourth-order valence-corrected chi connectivity index (χ4v) is 6.15. The number of carboxylic acids is 1. The lowest BCUT2D eigenvalue weighted by Gasteiger charge is -2.29. The number of likely N-dealkylation sites (N-methyl/N-ethyl adjacent to an activating group) is 1. The van der Waals surface area contributed by atoms with Crippen molar-refractivity contribution >= 4 is 16.0 Å². The monoisotopic (exact) mass is 584 g/mol. The summed E-state index contributed by atoms with van der Waals surface area (Å²) in [6.07, 6.45) is 2.07. The van der Waals surface area contributed by atoms with E-state index in [1.54, 1.807) is 19.1 Å². The van der Waals surface area contributed by atoms with Gasteiger partial charge in [0, 0.05) is 32.1 Å². The van der Waals surface area contributed by atoms with E-state index in [-0.39, 0.29) is 36.4 Å². The molecule has 0 saturated carbocycles. The SMILES string of the molecule is Cc1cc(S(=O)(=O)N(C)CC(O)CNC(C)(C)CCCc2ccccc2)ccc1-c1cc(F)ccc1CCC(=O)O. The highest BCUT2D eigenvalue weighted by molar-refractivity contribution is 7.89. The first-order valence-electron chi connectivity index (χ1n) is 13.8. The number of hydrogen-bond donors (Lipinski definition) is 3. The minimum atomic E-state index is -3.90. The molecule has 0 radical (unpaired) electrons. The zero-order chi connectivity index (χ0) is 30.2. The van der Waals surface area contributed by atoms with Gasteiger partial charge in [-0.05, 0) is 98.5 Å². The number of aliphatic hydroxyl groups is 1. The molecule has 222 valence electrons. The van der Waals surface area contributed by atoms with Crippen molar-refractivity contribution in [1.82, 2.24) is 9.62 Å². The highest BCUT2D eigenvalue weighted by Gasteiger charge is 2.25. The van der Waals surface area contributed by atoms with Crippen molar-refractivity contribution in [2.45, 2.75) is 69.4 Å². The summed E-state index contributed by atoms with van der Waals surface area (Å²) in [6, 6.07) is 19.1. The van der Waals surface area contributed by atoms with Crippen molar-refractivity contribution in [3.63, 3.8) is 0 Å². The van der Waals surface area contributed by atoms with Gasteiger partial charge in [-0.2, -0.15) is 4.31 Å². The van der Waals surface area contributed by atoms with E-state index in [0.29, 0.717) is 22.3 Å². The van der Waals surface area contributed by atoms with Crippen LogP contribution in [0.25, 0.3) is 11.1 Å². The van der Waals surface area contributed by atoms with Crippen LogP contribution < -0.4 is 5.32 Å². The normalized spacial score (nSPS) is 13.0. The van der Waals surface area contributed by atoms with E-state index >= 15 is 0 Å². The van der Waals surface area contributed by atoms with Crippen molar-refractivity contribution in [2.24, 2.45) is 0 Å². The van der Waals surface area contributed by atoms with E-state index in [9.17, 15) is 22.7 Å². The maximum Gasteiger partial charge on any atom is 0.303 e. The second kappa shape index (κ2) is 14.2. The molecule has 41 heavy (non-hydrogen) atoms. The largest absolute Gasteiger partial charge is 0.481 e. The lowest BCUT2D eigenvalue weighted by molar-refractivity contribution is -0.136. The smallest absolute Gasteiger partial charge is 0.303 e. The van der Waals surface area contributed by atoms with Gasteiger partial charge in [-0.25, -0.2) is 12.8 Å². The molecule has 0 heterocycles. The van der Waals surface area contributed by atoms with Gasteiger partial charge in [0.1, 0.15) is 5.82 Å². The van der Waals surface area contributed by atoms with Gasteiger partial charge in [-0.3, -0.25) is 4.79 Å². The van der Waals surface area contributed by atoms with E-state index < -0.39 is 27.9 Å². The van der Waals surface area contributed by atoms with E-state index in [0.717, 1.165) is 23.6 Å². The van der Waals surface area contributed by atoms with Crippen molar-refractivity contribution in [1.29, 1.82) is 0 Å². The fourth-order valence-electron chi connectivity index (χ4n) is 4.86. The first kappa shape index (κ1) is 32.4. The molecule has 1 atom stereocenters. The highest BCUT2D eigenvalue weighted by Crippen LogP contribution is 2.31. The Hall–Kier alpha value is -3.11. The molecule has 1 unspecified atom stereocenters. The standard InChI is InChI=1S/C32H41FN2O5S/c1-23-19-28(15-16-29(23)30-20-26(33)14-12-25(30)13-17-31(37)38)41(39,40)35(4)22-27(36)21-34-32(2,3)18-8-11-24-9-6-5-7-10-24/h5-7,9-10,12,14-16,19-20,27,34,36H,8,11,13,17-18,21-22H2,1-4H3,(H,37,38). The number of sulfonamides is 1. The Balaban J connectivity index is 1.62. The topological polar surface area (TPSA) is 107 Å². The quantitative estimate of drug-likeness (QED) is 0.227. The van der Waals surface area contributed by atoms with Gasteiger partial charge in [0.15, 0.2) is 0 Å². The van der Waals surface area contributed by atoms with Gasteiger partial charge in [0.25, 0.3) is 0 Å². The molecular formula is C32H41FN2O5S. The number of halogens is 1. The second-order valence-corrected chi connectivity index (χ2v) is 13.3. The van der Waals surface area contributed by atoms with Crippen LogP contribution in [0.15, 0.2) is 71.6 Å². The molecule has 0 aromatic heterocycles. The predicted octanol–water partition coefficient (Wildman–Crippen LogP) is 5.19. The molecule has 0 amide bonds. The number of benzene rings is 3. The van der Waals surface area contributed by atoms with Crippen LogP contribution in [0, 0.1) is 12.7 Å². The van der Waals surface area contributed by atoms with Gasteiger partial charge in [0.05, 0.1) is 11.0 Å². The van der Waals surface area contributed by atoms with E-state index in [1.165, 1.54) is 36.9 Å². The van der Waals surface area contributed by atoms with Gasteiger partial charge >= 0.3 is 5.97 Å². The average molecular weight is 585 g/mol. The van der Waals surface area contributed by atoms with E-state index in [4.69, 9.17) is 5.11 Å². The number of β-amino-alcohol motifs (C(OH)–C–C–N with tert-alkyl or cyclic N) is 1. The highest BCUT2D eigenvalue weighted by atomic mass is 32.2. The van der Waals surface area contributed by atoms with E-state index in [1.807, 2.05) is 18.2 Å². The number of aliphatic carboxylic acids is 1. The lowest BCUT2D eigenvalue weighted by Crippen LogP contribution is -2.46. The Morgan fingerprint density at radius 3 is 2.39 bits per heavy atom. The molecule has 9 heteroatoms. The van der Waals surface area contributed by atoms with E-state index in [2.05, 4.69) is 31.3 Å². The Kier molecular flexibility index (Phi) is 11.2. The molecule has 3 aromatic carbocycles. The molecule has 0 spiro atoms. The Labute approximate surface area is 243 Å². The lowest BCUT2D eigenvalue weighted by atomic mass is 9.93. The van der Waals surface area contributed by atoms with Gasteiger partial charge in [0.2, 0.25) is 10.0 Å². The third kappa shape index (κ3) is 9.46. The number of aryl methyl sites for hydroxylation is 3. The molecule has 0 aliphatic carbocycles. The zero-order valence-electron chi connectivity index (χ0n) is 24.2. The first-order chi connectivity index (χ1) is 19.3. The Morgan fingerprint density at radius 1 is 1.02 bits per heavy atom. The van der Waals surface area contributed by atoms with Gasteiger partial charge in [-0.15, -0.1) is 0 Å². The Bertz CT molecular complexity index is 1430. The molecule has 3 aromatic rings. The van der Waals surface area contributed by atoms with Crippen molar-refractivity contribution in [3.8, 4) is 11.1 Å². The van der Waals surface area contributed by atoms with Crippen molar-refractivity contribution in [2.75, 3.05) is 20.1 Å². The number of nitrogens with one attached hydrogen (secondary N) is 1. The molecule has 0 aliphatic heterocycles. The average Bonchev–Trinajstić information content (AvgIpc) is 2.91. The first-order valence-corrected chi connectivity index (χ1v) is 15.3.